The van der Waals surface area contributed by atoms with Crippen molar-refractivity contribution in [2.24, 2.45) is 0 Å². The van der Waals surface area contributed by atoms with Gasteiger partial charge in [-0.05, 0) is 48.9 Å². The second-order valence-electron chi connectivity index (χ2n) is 5.18. The van der Waals surface area contributed by atoms with E-state index in [1.165, 1.54) is 38.5 Å². The first-order valence-electron chi connectivity index (χ1n) is 7.40. The predicted molar refractivity (Wildman–Crippen MR) is 92.8 cm³/mol. The molecule has 2 aromatic rings. The van der Waals surface area contributed by atoms with Crippen LogP contribution in [0.5, 0.6) is 5.75 Å². The number of esters is 1. The number of nitrogens with one attached hydrogen (secondary N) is 2. The fourth-order valence-corrected chi connectivity index (χ4v) is 2.09. The normalized spacial score (nSPS) is 9.88. The van der Waals surface area contributed by atoms with E-state index in [1.807, 2.05) is 13.0 Å². The molecule has 0 fully saturated rings. The zero-order valence-electron chi connectivity index (χ0n) is 14.1. The summed E-state index contributed by atoms with van der Waals surface area (Å²) >= 11 is 0. The second-order valence-corrected chi connectivity index (χ2v) is 5.18. The highest BCUT2D eigenvalue weighted by atomic mass is 16.5. The van der Waals surface area contributed by atoms with E-state index in [-0.39, 0.29) is 0 Å². The van der Waals surface area contributed by atoms with Crippen molar-refractivity contribution in [1.29, 1.82) is 0 Å². The van der Waals surface area contributed by atoms with Crippen LogP contribution in [0.2, 0.25) is 0 Å². The fraction of sp³-hybridized carbons (Fsp3) is 0.167. The Hall–Kier alpha value is -3.35. The van der Waals surface area contributed by atoms with Crippen LogP contribution in [0.4, 0.5) is 11.4 Å². The van der Waals surface area contributed by atoms with Gasteiger partial charge in [-0.15, -0.1) is 0 Å². The van der Waals surface area contributed by atoms with Crippen molar-refractivity contribution >= 4 is 29.2 Å². The number of ether oxygens (including phenoxy) is 2. The summed E-state index contributed by atoms with van der Waals surface area (Å²) in [6.45, 7) is 1.86. The quantitative estimate of drug-likeness (QED) is 0.657. The van der Waals surface area contributed by atoms with Crippen LogP contribution in [-0.2, 0) is 14.3 Å². The Morgan fingerprint density at radius 1 is 0.880 bits per heavy atom. The molecule has 2 N–H and O–H groups in total. The number of hydrogen-bond donors (Lipinski definition) is 2. The van der Waals surface area contributed by atoms with Gasteiger partial charge in [0.25, 0.3) is 0 Å². The summed E-state index contributed by atoms with van der Waals surface area (Å²) < 4.78 is 9.75. The van der Waals surface area contributed by atoms with E-state index in [0.717, 1.165) is 5.56 Å². The molecule has 7 heteroatoms. The number of amides is 2. The number of anilines is 2. The summed E-state index contributed by atoms with van der Waals surface area (Å²) in [6, 6.07) is 11.2. The number of benzene rings is 2. The van der Waals surface area contributed by atoms with Crippen molar-refractivity contribution in [1.82, 2.24) is 0 Å². The molecule has 0 saturated carbocycles. The first-order chi connectivity index (χ1) is 11.9. The molecule has 2 aromatic carbocycles. The number of carbonyl (C=O) groups excluding carboxylic acids is 3. The predicted octanol–water partition coefficient (Wildman–Crippen LogP) is 2.37. The first kappa shape index (κ1) is 18.0. The molecule has 0 radical (unpaired) electrons. The molecule has 0 saturated heterocycles. The zero-order valence-corrected chi connectivity index (χ0v) is 14.1. The van der Waals surface area contributed by atoms with Crippen molar-refractivity contribution in [3.8, 4) is 5.75 Å². The minimum absolute atomic E-state index is 0.342. The van der Waals surface area contributed by atoms with E-state index < -0.39 is 17.8 Å². The molecule has 0 aliphatic rings. The van der Waals surface area contributed by atoms with Gasteiger partial charge in [-0.1, -0.05) is 6.07 Å². The maximum absolute atomic E-state index is 12.1. The monoisotopic (exact) mass is 342 g/mol. The van der Waals surface area contributed by atoms with Gasteiger partial charge in [0.1, 0.15) is 5.75 Å². The third-order valence-electron chi connectivity index (χ3n) is 3.37. The van der Waals surface area contributed by atoms with Gasteiger partial charge in [0.05, 0.1) is 25.5 Å². The molecule has 2 amide bonds. The van der Waals surface area contributed by atoms with Crippen LogP contribution in [0.15, 0.2) is 42.5 Å². The number of hydrogen-bond acceptors (Lipinski definition) is 5. The molecular weight excluding hydrogens is 324 g/mol. The van der Waals surface area contributed by atoms with Crippen molar-refractivity contribution in [2.75, 3.05) is 24.9 Å². The van der Waals surface area contributed by atoms with Crippen molar-refractivity contribution in [3.63, 3.8) is 0 Å². The molecule has 7 nitrogen and oxygen atoms in total. The molecule has 0 heterocycles. The Balaban J connectivity index is 2.04. The van der Waals surface area contributed by atoms with Gasteiger partial charge in [0, 0.05) is 5.69 Å². The summed E-state index contributed by atoms with van der Waals surface area (Å²) in [7, 11) is 2.76. The number of rotatable bonds is 4. The van der Waals surface area contributed by atoms with E-state index in [4.69, 9.17) is 4.74 Å². The summed E-state index contributed by atoms with van der Waals surface area (Å²) in [4.78, 5) is 35.4. The van der Waals surface area contributed by atoms with Crippen LogP contribution in [0, 0.1) is 6.92 Å². The summed E-state index contributed by atoms with van der Waals surface area (Å²) in [5.74, 6) is -1.70. The minimum atomic E-state index is -0.839. The summed E-state index contributed by atoms with van der Waals surface area (Å²) in [6.07, 6.45) is 0. The lowest BCUT2D eigenvalue weighted by molar-refractivity contribution is -0.133. The topological polar surface area (TPSA) is 93.7 Å². The lowest BCUT2D eigenvalue weighted by Gasteiger charge is -2.11. The van der Waals surface area contributed by atoms with Crippen molar-refractivity contribution < 1.29 is 23.9 Å². The van der Waals surface area contributed by atoms with Crippen LogP contribution >= 0.6 is 0 Å². The van der Waals surface area contributed by atoms with Crippen LogP contribution < -0.4 is 15.4 Å². The highest BCUT2D eigenvalue weighted by Crippen LogP contribution is 2.25. The average Bonchev–Trinajstić information content (AvgIpc) is 2.61. The van der Waals surface area contributed by atoms with E-state index in [1.54, 1.807) is 12.1 Å². The van der Waals surface area contributed by atoms with Crippen molar-refractivity contribution in [3.05, 3.63) is 53.6 Å². The molecule has 0 atom stereocenters. The highest BCUT2D eigenvalue weighted by molar-refractivity contribution is 6.43. The molecule has 0 aromatic heterocycles. The maximum Gasteiger partial charge on any atom is 0.337 e. The molecule has 0 spiro atoms. The van der Waals surface area contributed by atoms with E-state index in [0.29, 0.717) is 22.7 Å². The van der Waals surface area contributed by atoms with Gasteiger partial charge in [-0.3, -0.25) is 9.59 Å². The Kier molecular flexibility index (Phi) is 5.73. The Bertz CT molecular complexity index is 800. The zero-order chi connectivity index (χ0) is 18.4. The third kappa shape index (κ3) is 4.57. The van der Waals surface area contributed by atoms with Gasteiger partial charge in [-0.25, -0.2) is 4.79 Å². The van der Waals surface area contributed by atoms with Gasteiger partial charge in [0.15, 0.2) is 0 Å². The average molecular weight is 342 g/mol. The van der Waals surface area contributed by atoms with Crippen LogP contribution in [-0.4, -0.2) is 32.0 Å². The van der Waals surface area contributed by atoms with E-state index in [2.05, 4.69) is 15.4 Å². The van der Waals surface area contributed by atoms with Gasteiger partial charge in [0.2, 0.25) is 0 Å². The first-order valence-corrected chi connectivity index (χ1v) is 7.40. The summed E-state index contributed by atoms with van der Waals surface area (Å²) in [5, 5.41) is 4.97. The second kappa shape index (κ2) is 7.96. The molecule has 130 valence electrons. The molecule has 0 bridgehead atoms. The molecule has 0 unspecified atom stereocenters. The Labute approximate surface area is 144 Å². The molecule has 0 aliphatic heterocycles. The molecular formula is C18H18N2O5. The highest BCUT2D eigenvalue weighted by Gasteiger charge is 2.16. The Morgan fingerprint density at radius 2 is 1.52 bits per heavy atom. The van der Waals surface area contributed by atoms with Crippen LogP contribution in [0.3, 0.4) is 0 Å². The maximum atomic E-state index is 12.1. The number of methoxy groups -OCH3 is 2. The standard InChI is InChI=1S/C18H18N2O5/c1-11-4-9-15(24-2)14(10-11)20-17(22)16(21)19-13-7-5-12(6-8-13)18(23)25-3/h4-10H,1-3H3,(H,19,21)(H,20,22). The SMILES string of the molecule is COC(=O)c1ccc(NC(=O)C(=O)Nc2cc(C)ccc2OC)cc1. The van der Waals surface area contributed by atoms with E-state index in [9.17, 15) is 14.4 Å². The van der Waals surface area contributed by atoms with Crippen LogP contribution in [0.1, 0.15) is 15.9 Å². The largest absolute Gasteiger partial charge is 0.495 e. The Morgan fingerprint density at radius 3 is 2.12 bits per heavy atom. The molecule has 2 rings (SSSR count). The summed E-state index contributed by atoms with van der Waals surface area (Å²) in [5.41, 5.74) is 2.04. The van der Waals surface area contributed by atoms with Gasteiger partial charge < -0.3 is 20.1 Å². The van der Waals surface area contributed by atoms with Crippen molar-refractivity contribution in [2.45, 2.75) is 6.92 Å². The third-order valence-corrected chi connectivity index (χ3v) is 3.37. The molecule has 0 aliphatic carbocycles. The number of carbonyl (C=O) groups is 3. The minimum Gasteiger partial charge on any atom is -0.495 e. The lowest BCUT2D eigenvalue weighted by Crippen LogP contribution is -2.29. The van der Waals surface area contributed by atoms with Gasteiger partial charge in [-0.2, -0.15) is 0 Å². The molecule has 25 heavy (non-hydrogen) atoms. The fourth-order valence-electron chi connectivity index (χ4n) is 2.09. The lowest BCUT2D eigenvalue weighted by atomic mass is 10.2. The smallest absolute Gasteiger partial charge is 0.337 e. The van der Waals surface area contributed by atoms with E-state index >= 15 is 0 Å². The van der Waals surface area contributed by atoms with Gasteiger partial charge >= 0.3 is 17.8 Å². The number of aryl methyl sites for hydroxylation is 1. The van der Waals surface area contributed by atoms with Crippen LogP contribution in [0.25, 0.3) is 0 Å².